The molecular formula is C14H23N3. The first-order valence-corrected chi connectivity index (χ1v) is 6.32. The van der Waals surface area contributed by atoms with Crippen molar-refractivity contribution < 1.29 is 0 Å². The molecule has 0 aromatic heterocycles. The number of nitrogens with one attached hydrogen (secondary N) is 1. The standard InChI is InChI=1S/C14H23N3/c1-10-4-5-11(2)12(8-10)14(15)13-9-17(3)7-6-16-13/h4-5,8,13-14,16H,6-7,9,15H2,1-3H3. The minimum Gasteiger partial charge on any atom is -0.323 e. The predicted molar refractivity (Wildman–Crippen MR) is 72.1 cm³/mol. The van der Waals surface area contributed by atoms with Crippen LogP contribution < -0.4 is 11.1 Å². The molecular weight excluding hydrogens is 210 g/mol. The lowest BCUT2D eigenvalue weighted by atomic mass is 9.93. The molecule has 0 saturated carbocycles. The summed E-state index contributed by atoms with van der Waals surface area (Å²) in [4.78, 5) is 2.34. The van der Waals surface area contributed by atoms with Gasteiger partial charge in [-0.2, -0.15) is 0 Å². The highest BCUT2D eigenvalue weighted by Gasteiger charge is 2.24. The molecule has 0 radical (unpaired) electrons. The highest BCUT2D eigenvalue weighted by molar-refractivity contribution is 5.33. The van der Waals surface area contributed by atoms with Gasteiger partial charge in [0, 0.05) is 31.7 Å². The van der Waals surface area contributed by atoms with Gasteiger partial charge < -0.3 is 16.0 Å². The molecule has 94 valence electrons. The van der Waals surface area contributed by atoms with Crippen molar-refractivity contribution in [2.24, 2.45) is 5.73 Å². The molecule has 17 heavy (non-hydrogen) atoms. The molecule has 1 aromatic rings. The SMILES string of the molecule is Cc1ccc(C)c(C(N)C2CN(C)CCN2)c1. The van der Waals surface area contributed by atoms with Gasteiger partial charge in [-0.1, -0.05) is 23.8 Å². The molecule has 1 aliphatic rings. The number of rotatable bonds is 2. The lowest BCUT2D eigenvalue weighted by Gasteiger charge is -2.35. The van der Waals surface area contributed by atoms with Crippen molar-refractivity contribution in [3.63, 3.8) is 0 Å². The van der Waals surface area contributed by atoms with Crippen LogP contribution in [0.1, 0.15) is 22.7 Å². The van der Waals surface area contributed by atoms with Crippen LogP contribution in [-0.2, 0) is 0 Å². The van der Waals surface area contributed by atoms with Crippen LogP contribution in [0.25, 0.3) is 0 Å². The zero-order valence-corrected chi connectivity index (χ0v) is 11.0. The molecule has 0 spiro atoms. The maximum Gasteiger partial charge on any atom is 0.0466 e. The van der Waals surface area contributed by atoms with E-state index in [1.807, 2.05) is 0 Å². The van der Waals surface area contributed by atoms with Gasteiger partial charge in [0.2, 0.25) is 0 Å². The van der Waals surface area contributed by atoms with Crippen molar-refractivity contribution in [2.45, 2.75) is 25.9 Å². The van der Waals surface area contributed by atoms with Crippen LogP contribution in [0.5, 0.6) is 0 Å². The van der Waals surface area contributed by atoms with E-state index in [0.717, 1.165) is 19.6 Å². The summed E-state index contributed by atoms with van der Waals surface area (Å²) in [6.45, 7) is 7.42. The molecule has 2 rings (SSSR count). The molecule has 0 amide bonds. The van der Waals surface area contributed by atoms with E-state index in [9.17, 15) is 0 Å². The molecule has 1 fully saturated rings. The van der Waals surface area contributed by atoms with Crippen LogP contribution in [0.4, 0.5) is 0 Å². The first-order valence-electron chi connectivity index (χ1n) is 6.32. The fourth-order valence-electron chi connectivity index (χ4n) is 2.51. The van der Waals surface area contributed by atoms with Gasteiger partial charge in [0.25, 0.3) is 0 Å². The van der Waals surface area contributed by atoms with Gasteiger partial charge in [-0.3, -0.25) is 0 Å². The fourth-order valence-corrected chi connectivity index (χ4v) is 2.51. The summed E-state index contributed by atoms with van der Waals surface area (Å²) in [6.07, 6.45) is 0. The molecule has 2 atom stereocenters. The van der Waals surface area contributed by atoms with Crippen LogP contribution in [0.2, 0.25) is 0 Å². The van der Waals surface area contributed by atoms with E-state index in [1.165, 1.54) is 16.7 Å². The van der Waals surface area contributed by atoms with Crippen LogP contribution in [0, 0.1) is 13.8 Å². The third kappa shape index (κ3) is 2.86. The van der Waals surface area contributed by atoms with Gasteiger partial charge in [0.1, 0.15) is 0 Å². The molecule has 0 bridgehead atoms. The summed E-state index contributed by atoms with van der Waals surface area (Å²) >= 11 is 0. The van der Waals surface area contributed by atoms with E-state index >= 15 is 0 Å². The molecule has 0 aliphatic carbocycles. The highest BCUT2D eigenvalue weighted by Crippen LogP contribution is 2.21. The molecule has 1 aromatic carbocycles. The van der Waals surface area contributed by atoms with Gasteiger partial charge in [0.15, 0.2) is 0 Å². The van der Waals surface area contributed by atoms with Gasteiger partial charge in [-0.25, -0.2) is 0 Å². The first kappa shape index (κ1) is 12.6. The van der Waals surface area contributed by atoms with E-state index in [1.54, 1.807) is 0 Å². The van der Waals surface area contributed by atoms with Crippen LogP contribution in [-0.4, -0.2) is 37.6 Å². The predicted octanol–water partition coefficient (Wildman–Crippen LogP) is 1.21. The Hall–Kier alpha value is -0.900. The Morgan fingerprint density at radius 1 is 1.41 bits per heavy atom. The Balaban J connectivity index is 2.18. The number of hydrogen-bond donors (Lipinski definition) is 2. The Bertz CT molecular complexity index is 389. The van der Waals surface area contributed by atoms with Gasteiger partial charge in [-0.15, -0.1) is 0 Å². The quantitative estimate of drug-likeness (QED) is 0.806. The molecule has 3 nitrogen and oxygen atoms in total. The number of nitrogens with zero attached hydrogens (tertiary/aromatic N) is 1. The molecule has 3 heteroatoms. The molecule has 3 N–H and O–H groups in total. The van der Waals surface area contributed by atoms with Crippen molar-refractivity contribution in [1.82, 2.24) is 10.2 Å². The highest BCUT2D eigenvalue weighted by atomic mass is 15.2. The normalized spacial score (nSPS) is 23.6. The average molecular weight is 233 g/mol. The second-order valence-corrected chi connectivity index (χ2v) is 5.21. The largest absolute Gasteiger partial charge is 0.323 e. The zero-order valence-electron chi connectivity index (χ0n) is 11.0. The molecule has 1 saturated heterocycles. The number of nitrogens with two attached hydrogens (primary N) is 1. The summed E-state index contributed by atoms with van der Waals surface area (Å²) < 4.78 is 0. The smallest absolute Gasteiger partial charge is 0.0466 e. The Kier molecular flexibility index (Phi) is 3.82. The average Bonchev–Trinajstić information content (AvgIpc) is 2.31. The summed E-state index contributed by atoms with van der Waals surface area (Å²) in [5.41, 5.74) is 10.3. The molecule has 1 aliphatic heterocycles. The van der Waals surface area contributed by atoms with E-state index < -0.39 is 0 Å². The minimum atomic E-state index is 0.0812. The number of likely N-dealkylation sites (N-methyl/N-ethyl adjacent to an activating group) is 1. The zero-order chi connectivity index (χ0) is 12.4. The Morgan fingerprint density at radius 2 is 2.18 bits per heavy atom. The molecule has 2 unspecified atom stereocenters. The summed E-state index contributed by atoms with van der Waals surface area (Å²) in [6, 6.07) is 6.96. The number of hydrogen-bond acceptors (Lipinski definition) is 3. The fraction of sp³-hybridized carbons (Fsp3) is 0.571. The summed E-state index contributed by atoms with van der Waals surface area (Å²) in [5.74, 6) is 0. The lowest BCUT2D eigenvalue weighted by Crippen LogP contribution is -2.53. The molecule has 1 heterocycles. The van der Waals surface area contributed by atoms with Gasteiger partial charge in [-0.05, 0) is 32.0 Å². The maximum absolute atomic E-state index is 6.41. The third-order valence-electron chi connectivity index (χ3n) is 3.64. The number of aryl methyl sites for hydroxylation is 2. The van der Waals surface area contributed by atoms with E-state index in [-0.39, 0.29) is 6.04 Å². The van der Waals surface area contributed by atoms with E-state index in [0.29, 0.717) is 6.04 Å². The van der Waals surface area contributed by atoms with Gasteiger partial charge in [0.05, 0.1) is 0 Å². The maximum atomic E-state index is 6.41. The van der Waals surface area contributed by atoms with E-state index in [4.69, 9.17) is 5.73 Å². The Labute approximate surface area is 104 Å². The first-order chi connectivity index (χ1) is 8.08. The van der Waals surface area contributed by atoms with Crippen LogP contribution in [0.15, 0.2) is 18.2 Å². The van der Waals surface area contributed by atoms with Crippen molar-refractivity contribution in [2.75, 3.05) is 26.7 Å². The summed E-state index contributed by atoms with van der Waals surface area (Å²) in [5, 5.41) is 3.53. The van der Waals surface area contributed by atoms with Crippen LogP contribution in [0.3, 0.4) is 0 Å². The second-order valence-electron chi connectivity index (χ2n) is 5.21. The third-order valence-corrected chi connectivity index (χ3v) is 3.64. The Morgan fingerprint density at radius 3 is 2.88 bits per heavy atom. The lowest BCUT2D eigenvalue weighted by molar-refractivity contribution is 0.219. The van der Waals surface area contributed by atoms with E-state index in [2.05, 4.69) is 49.3 Å². The minimum absolute atomic E-state index is 0.0812. The second kappa shape index (κ2) is 5.17. The number of piperazine rings is 1. The van der Waals surface area contributed by atoms with Crippen molar-refractivity contribution in [3.8, 4) is 0 Å². The van der Waals surface area contributed by atoms with Crippen molar-refractivity contribution >= 4 is 0 Å². The van der Waals surface area contributed by atoms with Crippen LogP contribution >= 0.6 is 0 Å². The van der Waals surface area contributed by atoms with Crippen molar-refractivity contribution in [1.29, 1.82) is 0 Å². The number of benzene rings is 1. The summed E-state index contributed by atoms with van der Waals surface area (Å²) in [7, 11) is 2.16. The van der Waals surface area contributed by atoms with Gasteiger partial charge >= 0.3 is 0 Å². The topological polar surface area (TPSA) is 41.3 Å². The van der Waals surface area contributed by atoms with Crippen molar-refractivity contribution in [3.05, 3.63) is 34.9 Å². The monoisotopic (exact) mass is 233 g/mol.